The quantitative estimate of drug-likeness (QED) is 0.231. The Morgan fingerprint density at radius 1 is 0.697 bits per heavy atom. The molecular weight excluding hydrogens is 411 g/mol. The minimum atomic E-state index is -0.551. The first-order chi connectivity index (χ1) is 16.1. The van der Waals surface area contributed by atoms with E-state index < -0.39 is 11.4 Å². The summed E-state index contributed by atoms with van der Waals surface area (Å²) in [6.07, 6.45) is 14.1. The molecule has 0 aliphatic rings. The molecule has 0 atom stereocenters. The summed E-state index contributed by atoms with van der Waals surface area (Å²) in [6, 6.07) is 14.1. The van der Waals surface area contributed by atoms with Crippen LogP contribution >= 0.6 is 0 Å². The lowest BCUT2D eigenvalue weighted by Gasteiger charge is -2.08. The molecule has 0 unspecified atom stereocenters. The smallest absolute Gasteiger partial charge is 0.346 e. The van der Waals surface area contributed by atoms with Crippen LogP contribution in [0.5, 0.6) is 0 Å². The standard InChI is InChI=1S/C30H39FO2/c1-3-5-6-7-8-9-10-11-13-27-22-26-21-20-25(29(31)28(26)30(32)33-27)19-18-24-16-14-23(12-4-2)15-17-24/h14-17,20-22H,3-13,18-19H2,1-2H3. The lowest BCUT2D eigenvalue weighted by Crippen LogP contribution is -2.07. The Morgan fingerprint density at radius 2 is 1.33 bits per heavy atom. The molecule has 3 aromatic rings. The van der Waals surface area contributed by atoms with Crippen LogP contribution in [0.25, 0.3) is 10.8 Å². The molecule has 0 saturated carbocycles. The largest absolute Gasteiger partial charge is 0.427 e. The zero-order valence-electron chi connectivity index (χ0n) is 20.4. The van der Waals surface area contributed by atoms with E-state index in [1.54, 1.807) is 0 Å². The molecule has 0 aliphatic heterocycles. The van der Waals surface area contributed by atoms with E-state index in [1.807, 2.05) is 18.2 Å². The zero-order chi connectivity index (χ0) is 23.5. The summed E-state index contributed by atoms with van der Waals surface area (Å²) in [5, 5.41) is 0.733. The highest BCUT2D eigenvalue weighted by Gasteiger charge is 2.14. The van der Waals surface area contributed by atoms with Gasteiger partial charge in [-0.2, -0.15) is 0 Å². The third-order valence-corrected chi connectivity index (χ3v) is 6.52. The van der Waals surface area contributed by atoms with Gasteiger partial charge in [-0.1, -0.05) is 102 Å². The number of rotatable bonds is 14. The Bertz CT molecular complexity index is 1050. The Labute approximate surface area is 198 Å². The molecule has 2 nitrogen and oxygen atoms in total. The van der Waals surface area contributed by atoms with Crippen LogP contribution in [-0.2, 0) is 25.7 Å². The average Bonchev–Trinajstić information content (AvgIpc) is 2.81. The van der Waals surface area contributed by atoms with Gasteiger partial charge in [0.2, 0.25) is 0 Å². The monoisotopic (exact) mass is 450 g/mol. The molecule has 178 valence electrons. The summed E-state index contributed by atoms with van der Waals surface area (Å²) in [4.78, 5) is 12.6. The molecule has 2 aromatic carbocycles. The third-order valence-electron chi connectivity index (χ3n) is 6.52. The van der Waals surface area contributed by atoms with E-state index in [9.17, 15) is 4.79 Å². The van der Waals surface area contributed by atoms with Crippen molar-refractivity contribution in [2.24, 2.45) is 0 Å². The molecule has 3 rings (SSSR count). The van der Waals surface area contributed by atoms with Crippen molar-refractivity contribution in [1.82, 2.24) is 0 Å². The predicted octanol–water partition coefficient (Wildman–Crippen LogP) is 8.35. The Balaban J connectivity index is 1.57. The molecule has 3 heteroatoms. The Morgan fingerprint density at radius 3 is 2.00 bits per heavy atom. The van der Waals surface area contributed by atoms with Crippen LogP contribution in [0.15, 0.2) is 51.7 Å². The van der Waals surface area contributed by atoms with E-state index in [2.05, 4.69) is 38.1 Å². The van der Waals surface area contributed by atoms with Crippen LogP contribution < -0.4 is 5.63 Å². The van der Waals surface area contributed by atoms with Gasteiger partial charge < -0.3 is 4.42 Å². The summed E-state index contributed by atoms with van der Waals surface area (Å²) >= 11 is 0. The van der Waals surface area contributed by atoms with Gasteiger partial charge in [0.05, 0.1) is 0 Å². The van der Waals surface area contributed by atoms with Crippen molar-refractivity contribution in [1.29, 1.82) is 0 Å². The van der Waals surface area contributed by atoms with Crippen molar-refractivity contribution >= 4 is 10.8 Å². The number of fused-ring (bicyclic) bond motifs is 1. The fourth-order valence-electron chi connectivity index (χ4n) is 4.52. The summed E-state index contributed by atoms with van der Waals surface area (Å²) in [5.41, 5.74) is 2.54. The van der Waals surface area contributed by atoms with E-state index >= 15 is 4.39 Å². The van der Waals surface area contributed by atoms with Gasteiger partial charge in [-0.25, -0.2) is 9.18 Å². The summed E-state index contributed by atoms with van der Waals surface area (Å²) in [7, 11) is 0. The lowest BCUT2D eigenvalue weighted by atomic mass is 9.99. The van der Waals surface area contributed by atoms with Crippen LogP contribution in [-0.4, -0.2) is 0 Å². The molecule has 0 bridgehead atoms. The van der Waals surface area contributed by atoms with Gasteiger partial charge in [-0.15, -0.1) is 0 Å². The summed E-state index contributed by atoms with van der Waals surface area (Å²) < 4.78 is 20.6. The molecular formula is C30H39FO2. The first-order valence-electron chi connectivity index (χ1n) is 12.9. The van der Waals surface area contributed by atoms with Crippen molar-refractivity contribution in [2.45, 2.75) is 97.3 Å². The van der Waals surface area contributed by atoms with Crippen LogP contribution in [0.2, 0.25) is 0 Å². The number of halogens is 1. The number of aryl methyl sites for hydroxylation is 4. The predicted molar refractivity (Wildman–Crippen MR) is 137 cm³/mol. The molecule has 0 fully saturated rings. The first kappa shape index (κ1) is 25.2. The fraction of sp³-hybridized carbons (Fsp3) is 0.500. The minimum Gasteiger partial charge on any atom is -0.427 e. The molecule has 0 radical (unpaired) electrons. The van der Waals surface area contributed by atoms with Crippen molar-refractivity contribution < 1.29 is 8.81 Å². The second-order valence-electron chi connectivity index (χ2n) is 9.29. The maximum Gasteiger partial charge on any atom is 0.346 e. The van der Waals surface area contributed by atoms with Crippen molar-refractivity contribution in [3.8, 4) is 0 Å². The van der Waals surface area contributed by atoms with Gasteiger partial charge in [0, 0.05) is 6.42 Å². The van der Waals surface area contributed by atoms with Crippen molar-refractivity contribution in [3.05, 3.63) is 81.2 Å². The van der Waals surface area contributed by atoms with Gasteiger partial charge in [0.25, 0.3) is 0 Å². The molecule has 1 heterocycles. The topological polar surface area (TPSA) is 30.2 Å². The molecule has 0 spiro atoms. The van der Waals surface area contributed by atoms with E-state index in [1.165, 1.54) is 49.7 Å². The van der Waals surface area contributed by atoms with E-state index in [0.29, 0.717) is 23.1 Å². The van der Waals surface area contributed by atoms with Gasteiger partial charge >= 0.3 is 5.63 Å². The van der Waals surface area contributed by atoms with E-state index in [0.717, 1.165) is 38.5 Å². The number of unbranched alkanes of at least 4 members (excludes halogenated alkanes) is 7. The van der Waals surface area contributed by atoms with Gasteiger partial charge in [0.1, 0.15) is 17.0 Å². The highest BCUT2D eigenvalue weighted by molar-refractivity contribution is 5.82. The molecule has 0 amide bonds. The Kier molecular flexibility index (Phi) is 10.2. The van der Waals surface area contributed by atoms with Crippen LogP contribution in [0.4, 0.5) is 4.39 Å². The zero-order valence-corrected chi connectivity index (χ0v) is 20.4. The van der Waals surface area contributed by atoms with Crippen molar-refractivity contribution in [2.75, 3.05) is 0 Å². The lowest BCUT2D eigenvalue weighted by molar-refractivity contribution is 0.452. The minimum absolute atomic E-state index is 0.0884. The summed E-state index contributed by atoms with van der Waals surface area (Å²) in [5.74, 6) is 0.236. The normalized spacial score (nSPS) is 11.4. The molecule has 0 aliphatic carbocycles. The van der Waals surface area contributed by atoms with Crippen LogP contribution in [0.1, 0.15) is 94.1 Å². The number of hydrogen-bond donors (Lipinski definition) is 0. The molecule has 33 heavy (non-hydrogen) atoms. The van der Waals surface area contributed by atoms with Gasteiger partial charge in [-0.05, 0) is 53.8 Å². The SMILES string of the molecule is CCCCCCCCCCc1cc2ccc(CCc3ccc(CCC)cc3)c(F)c2c(=O)o1. The second kappa shape index (κ2) is 13.3. The second-order valence-corrected chi connectivity index (χ2v) is 9.29. The highest BCUT2D eigenvalue weighted by atomic mass is 19.1. The highest BCUT2D eigenvalue weighted by Crippen LogP contribution is 2.22. The van der Waals surface area contributed by atoms with Crippen LogP contribution in [0.3, 0.4) is 0 Å². The number of hydrogen-bond acceptors (Lipinski definition) is 2. The maximum atomic E-state index is 15.1. The van der Waals surface area contributed by atoms with Gasteiger partial charge in [-0.3, -0.25) is 0 Å². The third kappa shape index (κ3) is 7.55. The molecule has 1 aromatic heterocycles. The van der Waals surface area contributed by atoms with E-state index in [4.69, 9.17) is 4.42 Å². The first-order valence-corrected chi connectivity index (χ1v) is 12.9. The van der Waals surface area contributed by atoms with Crippen molar-refractivity contribution in [3.63, 3.8) is 0 Å². The average molecular weight is 451 g/mol. The number of benzene rings is 2. The van der Waals surface area contributed by atoms with Gasteiger partial charge in [0.15, 0.2) is 0 Å². The Hall–Kier alpha value is -2.42. The van der Waals surface area contributed by atoms with E-state index in [-0.39, 0.29) is 5.39 Å². The molecule has 0 saturated heterocycles. The fourth-order valence-corrected chi connectivity index (χ4v) is 4.52. The molecule has 0 N–H and O–H groups in total. The van der Waals surface area contributed by atoms with Crippen LogP contribution in [0, 0.1) is 5.82 Å². The summed E-state index contributed by atoms with van der Waals surface area (Å²) in [6.45, 7) is 4.41. The maximum absolute atomic E-state index is 15.1.